The van der Waals surface area contributed by atoms with Crippen molar-refractivity contribution in [3.05, 3.63) is 0 Å². The number of nitrogens with one attached hydrogen (secondary N) is 1. The molecule has 0 aromatic heterocycles. The van der Waals surface area contributed by atoms with Crippen molar-refractivity contribution in [3.8, 4) is 0 Å². The first-order valence-electron chi connectivity index (χ1n) is 7.38. The van der Waals surface area contributed by atoms with Gasteiger partial charge >= 0.3 is 0 Å². The maximum Gasteiger partial charge on any atom is 0.225 e. The van der Waals surface area contributed by atoms with Gasteiger partial charge in [-0.3, -0.25) is 4.79 Å². The molecule has 4 nitrogen and oxygen atoms in total. The fourth-order valence-electron chi connectivity index (χ4n) is 2.97. The lowest BCUT2D eigenvalue weighted by atomic mass is 9.95. The third-order valence-corrected chi connectivity index (χ3v) is 4.14. The number of carbonyl (C=O) groups is 1. The minimum Gasteiger partial charge on any atom is -0.381 e. The first-order valence-corrected chi connectivity index (χ1v) is 7.38. The molecule has 1 N–H and O–H groups in total. The number of ether oxygens (including phenoxy) is 1. The van der Waals surface area contributed by atoms with Gasteiger partial charge < -0.3 is 15.0 Å². The highest BCUT2D eigenvalue weighted by Crippen LogP contribution is 2.19. The minimum atomic E-state index is 0.204. The van der Waals surface area contributed by atoms with Crippen molar-refractivity contribution < 1.29 is 9.53 Å². The summed E-state index contributed by atoms with van der Waals surface area (Å²) in [6.07, 6.45) is 4.30. The summed E-state index contributed by atoms with van der Waals surface area (Å²) in [6.45, 7) is 7.56. The SMILES string of the molecule is CCN(CC1CCCNC1)C(=O)C1CCOCC1. The summed E-state index contributed by atoms with van der Waals surface area (Å²) in [7, 11) is 0. The molecule has 2 heterocycles. The van der Waals surface area contributed by atoms with Crippen LogP contribution in [0.4, 0.5) is 0 Å². The quantitative estimate of drug-likeness (QED) is 0.821. The maximum atomic E-state index is 12.5. The molecule has 0 saturated carbocycles. The van der Waals surface area contributed by atoms with Crippen LogP contribution in [0.1, 0.15) is 32.6 Å². The number of rotatable bonds is 4. The molecule has 0 aliphatic carbocycles. The van der Waals surface area contributed by atoms with E-state index in [1.165, 1.54) is 12.8 Å². The van der Waals surface area contributed by atoms with Crippen LogP contribution in [0.2, 0.25) is 0 Å². The van der Waals surface area contributed by atoms with E-state index in [1.807, 2.05) is 0 Å². The summed E-state index contributed by atoms with van der Waals surface area (Å²) in [4.78, 5) is 14.5. The topological polar surface area (TPSA) is 41.6 Å². The largest absolute Gasteiger partial charge is 0.381 e. The molecule has 0 spiro atoms. The van der Waals surface area contributed by atoms with Crippen LogP contribution in [-0.4, -0.2) is 50.2 Å². The Morgan fingerprint density at radius 2 is 2.11 bits per heavy atom. The number of hydrogen-bond acceptors (Lipinski definition) is 3. The zero-order valence-corrected chi connectivity index (χ0v) is 11.5. The van der Waals surface area contributed by atoms with Crippen molar-refractivity contribution in [1.82, 2.24) is 10.2 Å². The standard InChI is InChI=1S/C14H26N2O2/c1-2-16(11-12-4-3-7-15-10-12)14(17)13-5-8-18-9-6-13/h12-13,15H,2-11H2,1H3. The predicted molar refractivity (Wildman–Crippen MR) is 71.4 cm³/mol. The monoisotopic (exact) mass is 254 g/mol. The molecule has 0 radical (unpaired) electrons. The Hall–Kier alpha value is -0.610. The van der Waals surface area contributed by atoms with E-state index in [1.54, 1.807) is 0 Å². The lowest BCUT2D eigenvalue weighted by Crippen LogP contribution is -2.44. The van der Waals surface area contributed by atoms with E-state index in [9.17, 15) is 4.79 Å². The van der Waals surface area contributed by atoms with Gasteiger partial charge in [-0.2, -0.15) is 0 Å². The Bertz CT molecular complexity index is 259. The Balaban J connectivity index is 1.84. The molecule has 2 saturated heterocycles. The third kappa shape index (κ3) is 3.69. The van der Waals surface area contributed by atoms with Crippen molar-refractivity contribution in [2.24, 2.45) is 11.8 Å². The second-order valence-electron chi connectivity index (χ2n) is 5.48. The van der Waals surface area contributed by atoms with Crippen LogP contribution in [0.15, 0.2) is 0 Å². The van der Waals surface area contributed by atoms with Crippen molar-refractivity contribution in [2.75, 3.05) is 39.4 Å². The van der Waals surface area contributed by atoms with Crippen molar-refractivity contribution >= 4 is 5.91 Å². The second-order valence-corrected chi connectivity index (χ2v) is 5.48. The van der Waals surface area contributed by atoms with Crippen LogP contribution < -0.4 is 5.32 Å². The molecular weight excluding hydrogens is 228 g/mol. The Labute approximate surface area is 110 Å². The van der Waals surface area contributed by atoms with Crippen LogP contribution in [0.3, 0.4) is 0 Å². The number of hydrogen-bond donors (Lipinski definition) is 1. The average Bonchev–Trinajstić information content (AvgIpc) is 2.46. The summed E-state index contributed by atoms with van der Waals surface area (Å²) >= 11 is 0. The molecular formula is C14H26N2O2. The van der Waals surface area contributed by atoms with Crippen LogP contribution in [0.5, 0.6) is 0 Å². The maximum absolute atomic E-state index is 12.5. The normalized spacial score (nSPS) is 25.9. The van der Waals surface area contributed by atoms with Crippen molar-refractivity contribution in [3.63, 3.8) is 0 Å². The molecule has 2 aliphatic rings. The molecule has 1 amide bonds. The van der Waals surface area contributed by atoms with Gasteiger partial charge in [0.15, 0.2) is 0 Å². The molecule has 0 aromatic carbocycles. The van der Waals surface area contributed by atoms with Crippen molar-refractivity contribution in [2.45, 2.75) is 32.6 Å². The molecule has 104 valence electrons. The molecule has 0 bridgehead atoms. The van der Waals surface area contributed by atoms with Crippen molar-refractivity contribution in [1.29, 1.82) is 0 Å². The number of amides is 1. The molecule has 4 heteroatoms. The van der Waals surface area contributed by atoms with E-state index in [2.05, 4.69) is 17.1 Å². The summed E-state index contributed by atoms with van der Waals surface area (Å²) in [5, 5.41) is 3.42. The highest BCUT2D eigenvalue weighted by molar-refractivity contribution is 5.78. The average molecular weight is 254 g/mol. The molecule has 0 aromatic rings. The van der Waals surface area contributed by atoms with E-state index in [4.69, 9.17) is 4.74 Å². The molecule has 1 atom stereocenters. The first-order chi connectivity index (χ1) is 8.81. The van der Waals surface area contributed by atoms with Gasteiger partial charge in [0, 0.05) is 32.2 Å². The highest BCUT2D eigenvalue weighted by atomic mass is 16.5. The highest BCUT2D eigenvalue weighted by Gasteiger charge is 2.27. The van der Waals surface area contributed by atoms with Crippen LogP contribution in [0.25, 0.3) is 0 Å². The Morgan fingerprint density at radius 1 is 1.33 bits per heavy atom. The van der Waals surface area contributed by atoms with Gasteiger partial charge in [-0.25, -0.2) is 0 Å². The first kappa shape index (κ1) is 13.8. The fraction of sp³-hybridized carbons (Fsp3) is 0.929. The third-order valence-electron chi connectivity index (χ3n) is 4.14. The van der Waals surface area contributed by atoms with E-state index >= 15 is 0 Å². The summed E-state index contributed by atoms with van der Waals surface area (Å²) in [5.41, 5.74) is 0. The van der Waals surface area contributed by atoms with E-state index in [0.717, 1.165) is 52.2 Å². The Kier molecular flexibility index (Phi) is 5.45. The van der Waals surface area contributed by atoms with Crippen LogP contribution in [-0.2, 0) is 9.53 Å². The minimum absolute atomic E-state index is 0.204. The molecule has 2 rings (SSSR count). The number of carbonyl (C=O) groups excluding carboxylic acids is 1. The lowest BCUT2D eigenvalue weighted by Gasteiger charge is -2.33. The molecule has 2 fully saturated rings. The van der Waals surface area contributed by atoms with Crippen LogP contribution >= 0.6 is 0 Å². The molecule has 18 heavy (non-hydrogen) atoms. The van der Waals surface area contributed by atoms with Gasteiger partial charge in [-0.15, -0.1) is 0 Å². The summed E-state index contributed by atoms with van der Waals surface area (Å²) in [5.74, 6) is 1.20. The number of piperidine rings is 1. The molecule has 1 unspecified atom stereocenters. The zero-order chi connectivity index (χ0) is 12.8. The predicted octanol–water partition coefficient (Wildman–Crippen LogP) is 1.26. The summed E-state index contributed by atoms with van der Waals surface area (Å²) in [6, 6.07) is 0. The fourth-order valence-corrected chi connectivity index (χ4v) is 2.97. The van der Waals surface area contributed by atoms with E-state index in [-0.39, 0.29) is 5.92 Å². The Morgan fingerprint density at radius 3 is 2.72 bits per heavy atom. The number of nitrogens with zero attached hydrogens (tertiary/aromatic N) is 1. The zero-order valence-electron chi connectivity index (χ0n) is 11.5. The van der Waals surface area contributed by atoms with Gasteiger partial charge in [-0.1, -0.05) is 0 Å². The van der Waals surface area contributed by atoms with Gasteiger partial charge in [0.1, 0.15) is 0 Å². The van der Waals surface area contributed by atoms with E-state index in [0.29, 0.717) is 11.8 Å². The summed E-state index contributed by atoms with van der Waals surface area (Å²) < 4.78 is 5.33. The van der Waals surface area contributed by atoms with Gasteiger partial charge in [0.2, 0.25) is 5.91 Å². The van der Waals surface area contributed by atoms with Crippen LogP contribution in [0, 0.1) is 11.8 Å². The van der Waals surface area contributed by atoms with Gasteiger partial charge in [-0.05, 0) is 51.6 Å². The second kappa shape index (κ2) is 7.10. The smallest absolute Gasteiger partial charge is 0.225 e. The lowest BCUT2D eigenvalue weighted by molar-refractivity contribution is -0.139. The van der Waals surface area contributed by atoms with Gasteiger partial charge in [0.25, 0.3) is 0 Å². The molecule has 2 aliphatic heterocycles. The van der Waals surface area contributed by atoms with Gasteiger partial charge in [0.05, 0.1) is 0 Å². The van der Waals surface area contributed by atoms with E-state index < -0.39 is 0 Å².